The van der Waals surface area contributed by atoms with Gasteiger partial charge in [-0.2, -0.15) is 0 Å². The highest BCUT2D eigenvalue weighted by atomic mass is 15.1. The third kappa shape index (κ3) is 2.01. The van der Waals surface area contributed by atoms with E-state index in [1.807, 2.05) is 13.8 Å². The summed E-state index contributed by atoms with van der Waals surface area (Å²) >= 11 is 0. The minimum atomic E-state index is 0.504. The Hall–Kier alpha value is -1.16. The van der Waals surface area contributed by atoms with E-state index in [2.05, 4.69) is 20.6 Å². The molecule has 76 valence electrons. The number of hydrogen-bond donors (Lipinski definition) is 2. The van der Waals surface area contributed by atoms with E-state index in [-0.39, 0.29) is 0 Å². The molecule has 0 aromatic carbocycles. The largest absolute Gasteiger partial charge is 0.365 e. The normalized spacial score (nSPS) is 21.1. The Bertz CT molecular complexity index is 318. The summed E-state index contributed by atoms with van der Waals surface area (Å²) in [5.41, 5.74) is 1.94. The van der Waals surface area contributed by atoms with Gasteiger partial charge in [0.2, 0.25) is 0 Å². The fourth-order valence-electron chi connectivity index (χ4n) is 1.65. The third-order valence-electron chi connectivity index (χ3n) is 2.48. The van der Waals surface area contributed by atoms with E-state index in [1.165, 1.54) is 0 Å². The molecule has 1 aromatic rings. The number of anilines is 1. The van der Waals surface area contributed by atoms with Crippen LogP contribution in [0.4, 0.5) is 5.82 Å². The molecular weight excluding hydrogens is 176 g/mol. The van der Waals surface area contributed by atoms with Gasteiger partial charge in [-0.1, -0.05) is 0 Å². The maximum absolute atomic E-state index is 4.43. The van der Waals surface area contributed by atoms with E-state index in [0.29, 0.717) is 6.04 Å². The first kappa shape index (κ1) is 9.40. The second-order valence-corrected chi connectivity index (χ2v) is 3.78. The molecule has 2 rings (SSSR count). The van der Waals surface area contributed by atoms with Gasteiger partial charge < -0.3 is 10.6 Å². The lowest BCUT2D eigenvalue weighted by Crippen LogP contribution is -2.23. The van der Waals surface area contributed by atoms with Crippen molar-refractivity contribution in [1.29, 1.82) is 0 Å². The molecule has 0 saturated carbocycles. The van der Waals surface area contributed by atoms with Crippen molar-refractivity contribution in [3.63, 3.8) is 0 Å². The summed E-state index contributed by atoms with van der Waals surface area (Å²) in [5, 5.41) is 6.73. The molecule has 4 nitrogen and oxygen atoms in total. The van der Waals surface area contributed by atoms with Crippen LogP contribution >= 0.6 is 0 Å². The first-order valence-electron chi connectivity index (χ1n) is 5.03. The van der Waals surface area contributed by atoms with Crippen molar-refractivity contribution in [2.75, 3.05) is 18.4 Å². The van der Waals surface area contributed by atoms with Crippen molar-refractivity contribution < 1.29 is 0 Å². The second kappa shape index (κ2) is 3.92. The standard InChI is InChI=1S/C10H16N4/c1-7-5-12-8(2)10(13-7)14-9-3-4-11-6-9/h5,9,11H,3-4,6H2,1-2H3,(H,13,14). The summed E-state index contributed by atoms with van der Waals surface area (Å²) in [6.45, 7) is 6.06. The van der Waals surface area contributed by atoms with E-state index < -0.39 is 0 Å². The lowest BCUT2D eigenvalue weighted by atomic mass is 10.2. The van der Waals surface area contributed by atoms with Crippen LogP contribution < -0.4 is 10.6 Å². The van der Waals surface area contributed by atoms with Crippen LogP contribution in [-0.4, -0.2) is 29.1 Å². The maximum Gasteiger partial charge on any atom is 0.148 e. The molecule has 0 amide bonds. The molecule has 1 aliphatic rings. The SMILES string of the molecule is Cc1cnc(C)c(NC2CCNC2)n1. The molecule has 1 fully saturated rings. The Morgan fingerprint density at radius 2 is 2.36 bits per heavy atom. The summed E-state index contributed by atoms with van der Waals surface area (Å²) in [4.78, 5) is 8.71. The lowest BCUT2D eigenvalue weighted by molar-refractivity contribution is 0.782. The lowest BCUT2D eigenvalue weighted by Gasteiger charge is -2.13. The van der Waals surface area contributed by atoms with Crippen LogP contribution in [0, 0.1) is 13.8 Å². The van der Waals surface area contributed by atoms with Gasteiger partial charge in [-0.15, -0.1) is 0 Å². The molecule has 2 heterocycles. The van der Waals surface area contributed by atoms with Crippen molar-refractivity contribution in [1.82, 2.24) is 15.3 Å². The molecule has 1 unspecified atom stereocenters. The predicted molar refractivity (Wildman–Crippen MR) is 56.4 cm³/mol. The van der Waals surface area contributed by atoms with Crippen molar-refractivity contribution in [2.24, 2.45) is 0 Å². The molecule has 1 aromatic heterocycles. The van der Waals surface area contributed by atoms with Gasteiger partial charge in [-0.05, 0) is 26.8 Å². The number of nitrogens with zero attached hydrogens (tertiary/aromatic N) is 2. The van der Waals surface area contributed by atoms with Gasteiger partial charge in [0.15, 0.2) is 0 Å². The van der Waals surface area contributed by atoms with Crippen LogP contribution in [-0.2, 0) is 0 Å². The van der Waals surface area contributed by atoms with Gasteiger partial charge in [0.1, 0.15) is 5.82 Å². The van der Waals surface area contributed by atoms with Crippen LogP contribution in [0.15, 0.2) is 6.20 Å². The molecule has 14 heavy (non-hydrogen) atoms. The Kier molecular flexibility index (Phi) is 2.63. The smallest absolute Gasteiger partial charge is 0.148 e. The fraction of sp³-hybridized carbons (Fsp3) is 0.600. The van der Waals surface area contributed by atoms with Gasteiger partial charge >= 0.3 is 0 Å². The van der Waals surface area contributed by atoms with Crippen LogP contribution in [0.1, 0.15) is 17.8 Å². The van der Waals surface area contributed by atoms with Crippen molar-refractivity contribution in [2.45, 2.75) is 26.3 Å². The zero-order chi connectivity index (χ0) is 9.97. The van der Waals surface area contributed by atoms with E-state index in [0.717, 1.165) is 36.7 Å². The van der Waals surface area contributed by atoms with Crippen LogP contribution in [0.2, 0.25) is 0 Å². The maximum atomic E-state index is 4.43. The third-order valence-corrected chi connectivity index (χ3v) is 2.48. The zero-order valence-electron chi connectivity index (χ0n) is 8.67. The van der Waals surface area contributed by atoms with Gasteiger partial charge in [-0.3, -0.25) is 4.98 Å². The van der Waals surface area contributed by atoms with Crippen molar-refractivity contribution >= 4 is 5.82 Å². The second-order valence-electron chi connectivity index (χ2n) is 3.78. The Balaban J connectivity index is 2.10. The fourth-order valence-corrected chi connectivity index (χ4v) is 1.65. The number of rotatable bonds is 2. The molecule has 1 atom stereocenters. The van der Waals surface area contributed by atoms with E-state index in [4.69, 9.17) is 0 Å². The minimum absolute atomic E-state index is 0.504. The molecule has 4 heteroatoms. The van der Waals surface area contributed by atoms with E-state index in [9.17, 15) is 0 Å². The first-order chi connectivity index (χ1) is 6.75. The highest BCUT2D eigenvalue weighted by molar-refractivity contribution is 5.40. The van der Waals surface area contributed by atoms with Crippen LogP contribution in [0.3, 0.4) is 0 Å². The topological polar surface area (TPSA) is 49.8 Å². The summed E-state index contributed by atoms with van der Waals surface area (Å²) < 4.78 is 0. The van der Waals surface area contributed by atoms with E-state index >= 15 is 0 Å². The highest BCUT2D eigenvalue weighted by Gasteiger charge is 2.15. The molecule has 1 saturated heterocycles. The average molecular weight is 192 g/mol. The van der Waals surface area contributed by atoms with Crippen molar-refractivity contribution in [3.05, 3.63) is 17.6 Å². The highest BCUT2D eigenvalue weighted by Crippen LogP contribution is 2.12. The Labute approximate surface area is 84.2 Å². The summed E-state index contributed by atoms with van der Waals surface area (Å²) in [6, 6.07) is 0.504. The van der Waals surface area contributed by atoms with Crippen LogP contribution in [0.25, 0.3) is 0 Å². The Morgan fingerprint density at radius 1 is 1.50 bits per heavy atom. The van der Waals surface area contributed by atoms with Crippen molar-refractivity contribution in [3.8, 4) is 0 Å². The minimum Gasteiger partial charge on any atom is -0.365 e. The zero-order valence-corrected chi connectivity index (χ0v) is 8.67. The summed E-state index contributed by atoms with van der Waals surface area (Å²) in [6.07, 6.45) is 2.96. The summed E-state index contributed by atoms with van der Waals surface area (Å²) in [7, 11) is 0. The first-order valence-corrected chi connectivity index (χ1v) is 5.03. The molecule has 1 aliphatic heterocycles. The molecule has 0 bridgehead atoms. The van der Waals surface area contributed by atoms with Gasteiger partial charge in [-0.25, -0.2) is 4.98 Å². The number of hydrogen-bond acceptors (Lipinski definition) is 4. The molecule has 0 aliphatic carbocycles. The number of aromatic nitrogens is 2. The van der Waals surface area contributed by atoms with Crippen LogP contribution in [0.5, 0.6) is 0 Å². The molecular formula is C10H16N4. The quantitative estimate of drug-likeness (QED) is 0.730. The van der Waals surface area contributed by atoms with E-state index in [1.54, 1.807) is 6.20 Å². The molecule has 0 radical (unpaired) electrons. The monoisotopic (exact) mass is 192 g/mol. The number of aryl methyl sites for hydroxylation is 2. The summed E-state index contributed by atoms with van der Waals surface area (Å²) in [5.74, 6) is 0.929. The van der Waals surface area contributed by atoms with Gasteiger partial charge in [0, 0.05) is 18.8 Å². The van der Waals surface area contributed by atoms with Gasteiger partial charge in [0.05, 0.1) is 11.4 Å². The predicted octanol–water partition coefficient (Wildman–Crippen LogP) is 0.867. The molecule has 0 spiro atoms. The Morgan fingerprint density at radius 3 is 3.07 bits per heavy atom. The average Bonchev–Trinajstić information content (AvgIpc) is 2.64. The van der Waals surface area contributed by atoms with Gasteiger partial charge in [0.25, 0.3) is 0 Å². The molecule has 2 N–H and O–H groups in total. The number of nitrogens with one attached hydrogen (secondary N) is 2.